The SMILES string of the molecule is CN1C(=O)C2(CCN(C(=O)O)CC2)N(c2ccccc2)C1C(C)(C)C. The standard InChI is InChI=1S/C19H27N3O3/c1-18(2,3)15-20(4)16(23)19(10-12-21(13-11-19)17(24)25)22(15)14-8-6-5-7-9-14/h5-9,15H,10-13H2,1-4H3,(H,24,25). The lowest BCUT2D eigenvalue weighted by molar-refractivity contribution is -0.134. The van der Waals surface area contributed by atoms with E-state index in [0.717, 1.165) is 5.69 Å². The zero-order valence-corrected chi connectivity index (χ0v) is 15.4. The number of amides is 2. The molecular formula is C19H27N3O3. The fourth-order valence-corrected chi connectivity index (χ4v) is 4.42. The third-order valence-electron chi connectivity index (χ3n) is 5.46. The van der Waals surface area contributed by atoms with Gasteiger partial charge in [0, 0.05) is 31.2 Å². The Kier molecular flexibility index (Phi) is 4.17. The molecule has 6 heteroatoms. The molecule has 0 aliphatic carbocycles. The molecule has 25 heavy (non-hydrogen) atoms. The Morgan fingerprint density at radius 1 is 1.16 bits per heavy atom. The van der Waals surface area contributed by atoms with Crippen LogP contribution < -0.4 is 4.90 Å². The number of hydrogen-bond donors (Lipinski definition) is 1. The van der Waals surface area contributed by atoms with Crippen molar-refractivity contribution < 1.29 is 14.7 Å². The Morgan fingerprint density at radius 2 is 1.72 bits per heavy atom. The summed E-state index contributed by atoms with van der Waals surface area (Å²) in [4.78, 5) is 30.1. The highest BCUT2D eigenvalue weighted by atomic mass is 16.4. The Bertz CT molecular complexity index is 660. The molecule has 2 fully saturated rings. The molecule has 1 N–H and O–H groups in total. The summed E-state index contributed by atoms with van der Waals surface area (Å²) in [5.74, 6) is 0.0984. The second-order valence-electron chi connectivity index (χ2n) is 8.16. The average molecular weight is 345 g/mol. The van der Waals surface area contributed by atoms with Gasteiger partial charge in [-0.2, -0.15) is 0 Å². The van der Waals surface area contributed by atoms with Crippen molar-refractivity contribution in [2.45, 2.75) is 45.3 Å². The van der Waals surface area contributed by atoms with E-state index in [9.17, 15) is 14.7 Å². The molecule has 0 aromatic heterocycles. The van der Waals surface area contributed by atoms with Gasteiger partial charge in [-0.15, -0.1) is 0 Å². The number of carbonyl (C=O) groups excluding carboxylic acids is 1. The number of nitrogens with zero attached hydrogens (tertiary/aromatic N) is 3. The lowest BCUT2D eigenvalue weighted by atomic mass is 9.84. The largest absolute Gasteiger partial charge is 0.465 e. The van der Waals surface area contributed by atoms with Crippen molar-refractivity contribution in [3.8, 4) is 0 Å². The summed E-state index contributed by atoms with van der Waals surface area (Å²) in [7, 11) is 1.87. The maximum absolute atomic E-state index is 13.3. The highest BCUT2D eigenvalue weighted by molar-refractivity contribution is 5.94. The van der Waals surface area contributed by atoms with E-state index < -0.39 is 11.6 Å². The molecule has 1 aromatic rings. The second kappa shape index (κ2) is 5.93. The van der Waals surface area contributed by atoms with Crippen LogP contribution in [0.3, 0.4) is 0 Å². The smallest absolute Gasteiger partial charge is 0.407 e. The molecule has 0 radical (unpaired) electrons. The first-order valence-electron chi connectivity index (χ1n) is 8.78. The number of likely N-dealkylation sites (tertiary alicyclic amines) is 1. The summed E-state index contributed by atoms with van der Waals surface area (Å²) in [5.41, 5.74) is 0.220. The molecule has 2 aliphatic rings. The molecule has 3 rings (SSSR count). The summed E-state index contributed by atoms with van der Waals surface area (Å²) in [6, 6.07) is 10.0. The van der Waals surface area contributed by atoms with E-state index in [2.05, 4.69) is 25.7 Å². The fraction of sp³-hybridized carbons (Fsp3) is 0.579. The maximum Gasteiger partial charge on any atom is 0.407 e. The number of likely N-dealkylation sites (N-methyl/N-ethyl adjacent to an activating group) is 1. The third-order valence-corrected chi connectivity index (χ3v) is 5.46. The van der Waals surface area contributed by atoms with Crippen LogP contribution in [0, 0.1) is 5.41 Å². The quantitative estimate of drug-likeness (QED) is 0.850. The van der Waals surface area contributed by atoms with Gasteiger partial charge in [-0.25, -0.2) is 4.79 Å². The van der Waals surface area contributed by atoms with E-state index in [0.29, 0.717) is 25.9 Å². The summed E-state index contributed by atoms with van der Waals surface area (Å²) >= 11 is 0. The van der Waals surface area contributed by atoms with Gasteiger partial charge in [0.15, 0.2) is 0 Å². The monoisotopic (exact) mass is 345 g/mol. The molecule has 1 aromatic carbocycles. The highest BCUT2D eigenvalue weighted by Crippen LogP contribution is 2.46. The van der Waals surface area contributed by atoms with Gasteiger partial charge in [0.05, 0.1) is 0 Å². The summed E-state index contributed by atoms with van der Waals surface area (Å²) < 4.78 is 0. The summed E-state index contributed by atoms with van der Waals surface area (Å²) in [6.45, 7) is 7.19. The number of carbonyl (C=O) groups is 2. The van der Waals surface area contributed by atoms with E-state index in [1.165, 1.54) is 4.90 Å². The number of hydrogen-bond acceptors (Lipinski definition) is 3. The van der Waals surface area contributed by atoms with E-state index in [4.69, 9.17) is 0 Å². The van der Waals surface area contributed by atoms with Gasteiger partial charge < -0.3 is 19.8 Å². The lowest BCUT2D eigenvalue weighted by Crippen LogP contribution is -2.59. The summed E-state index contributed by atoms with van der Waals surface area (Å²) in [5, 5.41) is 9.27. The van der Waals surface area contributed by atoms with Crippen molar-refractivity contribution in [3.63, 3.8) is 0 Å². The topological polar surface area (TPSA) is 64.1 Å². The number of piperidine rings is 1. The molecule has 2 aliphatic heterocycles. The van der Waals surface area contributed by atoms with E-state index in [-0.39, 0.29) is 17.5 Å². The molecule has 1 unspecified atom stereocenters. The van der Waals surface area contributed by atoms with Gasteiger partial charge in [-0.05, 0) is 25.0 Å². The Labute approximate surface area is 149 Å². The van der Waals surface area contributed by atoms with Crippen LogP contribution in [-0.2, 0) is 4.79 Å². The maximum atomic E-state index is 13.3. The molecule has 1 atom stereocenters. The highest BCUT2D eigenvalue weighted by Gasteiger charge is 2.59. The Balaban J connectivity index is 2.06. The van der Waals surface area contributed by atoms with Crippen LogP contribution in [0.25, 0.3) is 0 Å². The van der Waals surface area contributed by atoms with Gasteiger partial charge in [0.1, 0.15) is 11.7 Å². The van der Waals surface area contributed by atoms with Crippen molar-refractivity contribution in [1.82, 2.24) is 9.80 Å². The van der Waals surface area contributed by atoms with Gasteiger partial charge in [-0.1, -0.05) is 39.0 Å². The Hall–Kier alpha value is -2.24. The minimum Gasteiger partial charge on any atom is -0.465 e. The van der Waals surface area contributed by atoms with Crippen LogP contribution in [0.1, 0.15) is 33.6 Å². The molecule has 0 saturated carbocycles. The zero-order valence-electron chi connectivity index (χ0n) is 15.4. The second-order valence-corrected chi connectivity index (χ2v) is 8.16. The first-order chi connectivity index (χ1) is 11.7. The molecule has 2 heterocycles. The van der Waals surface area contributed by atoms with E-state index in [1.807, 2.05) is 42.3 Å². The van der Waals surface area contributed by atoms with Crippen LogP contribution >= 0.6 is 0 Å². The fourth-order valence-electron chi connectivity index (χ4n) is 4.42. The number of carboxylic acid groups (broad SMARTS) is 1. The van der Waals surface area contributed by atoms with Crippen molar-refractivity contribution in [2.24, 2.45) is 5.41 Å². The molecule has 2 amide bonds. The molecule has 1 spiro atoms. The molecule has 136 valence electrons. The van der Waals surface area contributed by atoms with Crippen LogP contribution in [0.15, 0.2) is 30.3 Å². The Morgan fingerprint density at radius 3 is 2.20 bits per heavy atom. The van der Waals surface area contributed by atoms with Gasteiger partial charge in [0.25, 0.3) is 0 Å². The molecule has 0 bridgehead atoms. The van der Waals surface area contributed by atoms with Crippen LogP contribution in [-0.4, -0.2) is 58.7 Å². The number of rotatable bonds is 1. The van der Waals surface area contributed by atoms with E-state index in [1.54, 1.807) is 0 Å². The van der Waals surface area contributed by atoms with Crippen molar-refractivity contribution in [2.75, 3.05) is 25.0 Å². The number of benzene rings is 1. The normalized spacial score (nSPS) is 23.4. The van der Waals surface area contributed by atoms with Crippen molar-refractivity contribution in [3.05, 3.63) is 30.3 Å². The van der Waals surface area contributed by atoms with Gasteiger partial charge >= 0.3 is 6.09 Å². The minimum atomic E-state index is -0.910. The predicted octanol–water partition coefficient (Wildman–Crippen LogP) is 2.85. The first-order valence-corrected chi connectivity index (χ1v) is 8.78. The zero-order chi connectivity index (χ0) is 18.4. The van der Waals surface area contributed by atoms with Crippen LogP contribution in [0.2, 0.25) is 0 Å². The third kappa shape index (κ3) is 2.73. The number of anilines is 1. The summed E-state index contributed by atoms with van der Waals surface area (Å²) in [6.07, 6.45) is 0.0551. The minimum absolute atomic E-state index is 0.0706. The van der Waals surface area contributed by atoms with Crippen molar-refractivity contribution >= 4 is 17.7 Å². The predicted molar refractivity (Wildman–Crippen MR) is 96.5 cm³/mol. The van der Waals surface area contributed by atoms with Crippen LogP contribution in [0.4, 0.5) is 10.5 Å². The lowest BCUT2D eigenvalue weighted by Gasteiger charge is -2.47. The number of para-hydroxylation sites is 1. The van der Waals surface area contributed by atoms with E-state index >= 15 is 0 Å². The van der Waals surface area contributed by atoms with Gasteiger partial charge in [0.2, 0.25) is 5.91 Å². The molecular weight excluding hydrogens is 318 g/mol. The average Bonchev–Trinajstić information content (AvgIpc) is 2.78. The van der Waals surface area contributed by atoms with Gasteiger partial charge in [-0.3, -0.25) is 4.79 Å². The molecule has 2 saturated heterocycles. The van der Waals surface area contributed by atoms with Crippen molar-refractivity contribution in [1.29, 1.82) is 0 Å². The first kappa shape index (κ1) is 17.6. The molecule has 6 nitrogen and oxygen atoms in total. The van der Waals surface area contributed by atoms with Crippen LogP contribution in [0.5, 0.6) is 0 Å².